The SMILES string of the molecule is CC(C)[C@@H]1NC(=O)C(C)(C)/C=C/c2ccc3ccc(nc3c2)[C@@H](C)OC(=O)[C@@H]2CCCN(N2)C(=O)C(CC(=O)N2CCCC2)NC1=O. The van der Waals surface area contributed by atoms with Crippen molar-refractivity contribution in [2.75, 3.05) is 19.6 Å². The lowest BCUT2D eigenvalue weighted by atomic mass is 9.89. The second-order valence-corrected chi connectivity index (χ2v) is 13.7. The molecule has 2 saturated heterocycles. The molecule has 2 fully saturated rings. The molecule has 12 nitrogen and oxygen atoms in total. The maximum absolute atomic E-state index is 14.0. The van der Waals surface area contributed by atoms with Crippen molar-refractivity contribution in [2.24, 2.45) is 11.3 Å². The first kappa shape index (κ1) is 34.0. The van der Waals surface area contributed by atoms with E-state index in [9.17, 15) is 24.0 Å². The van der Waals surface area contributed by atoms with Gasteiger partial charge in [-0.05, 0) is 70.1 Å². The van der Waals surface area contributed by atoms with Gasteiger partial charge in [-0.2, -0.15) is 0 Å². The van der Waals surface area contributed by atoms with Gasteiger partial charge in [-0.25, -0.2) is 10.4 Å². The smallest absolute Gasteiger partial charge is 0.325 e. The van der Waals surface area contributed by atoms with Gasteiger partial charge in [0.15, 0.2) is 0 Å². The average Bonchev–Trinajstić information content (AvgIpc) is 3.60. The first-order chi connectivity index (χ1) is 22.3. The number of cyclic esters (lactones) is 1. The Morgan fingerprint density at radius 1 is 1.02 bits per heavy atom. The largest absolute Gasteiger partial charge is 0.455 e. The predicted octanol–water partition coefficient (Wildman–Crippen LogP) is 3.03. The predicted molar refractivity (Wildman–Crippen MR) is 176 cm³/mol. The first-order valence-corrected chi connectivity index (χ1v) is 16.6. The van der Waals surface area contributed by atoms with Gasteiger partial charge in [-0.1, -0.05) is 44.2 Å². The lowest BCUT2D eigenvalue weighted by Gasteiger charge is -2.36. The van der Waals surface area contributed by atoms with Crippen LogP contribution in [-0.2, 0) is 28.7 Å². The van der Waals surface area contributed by atoms with E-state index in [1.54, 1.807) is 45.6 Å². The van der Waals surface area contributed by atoms with E-state index < -0.39 is 47.4 Å². The molecule has 1 aromatic carbocycles. The third-order valence-electron chi connectivity index (χ3n) is 9.15. The first-order valence-electron chi connectivity index (χ1n) is 16.6. The van der Waals surface area contributed by atoms with Crippen molar-refractivity contribution >= 4 is 46.6 Å². The molecule has 5 rings (SSSR count). The summed E-state index contributed by atoms with van der Waals surface area (Å²) in [5.74, 6) is -2.55. The third-order valence-corrected chi connectivity index (χ3v) is 9.15. The maximum Gasteiger partial charge on any atom is 0.325 e. The molecule has 0 spiro atoms. The van der Waals surface area contributed by atoms with Gasteiger partial charge in [-0.3, -0.25) is 29.0 Å². The number of esters is 1. The lowest BCUT2D eigenvalue weighted by Crippen LogP contribution is -2.62. The van der Waals surface area contributed by atoms with Crippen LogP contribution >= 0.6 is 0 Å². The summed E-state index contributed by atoms with van der Waals surface area (Å²) < 4.78 is 5.82. The molecule has 1 aromatic heterocycles. The zero-order valence-electron chi connectivity index (χ0n) is 27.9. The average molecular weight is 647 g/mol. The molecule has 4 heterocycles. The molecule has 2 aromatic rings. The molecule has 3 N–H and O–H groups in total. The number of carbonyl (C=O) groups is 5. The molecule has 12 heteroatoms. The van der Waals surface area contributed by atoms with Gasteiger partial charge in [0.2, 0.25) is 17.7 Å². The molecule has 5 bridgehead atoms. The fourth-order valence-electron chi connectivity index (χ4n) is 6.07. The molecular formula is C35H46N6O6. The van der Waals surface area contributed by atoms with Crippen LogP contribution in [-0.4, -0.2) is 82.3 Å². The highest BCUT2D eigenvalue weighted by molar-refractivity contribution is 5.96. The number of nitrogens with zero attached hydrogens (tertiary/aromatic N) is 3. The Hall–Kier alpha value is -4.32. The van der Waals surface area contributed by atoms with Gasteiger partial charge in [0.1, 0.15) is 24.2 Å². The number of rotatable bonds is 3. The molecule has 0 aliphatic carbocycles. The van der Waals surface area contributed by atoms with Crippen LogP contribution in [0.25, 0.3) is 17.0 Å². The van der Waals surface area contributed by atoms with E-state index >= 15 is 0 Å². The van der Waals surface area contributed by atoms with Crippen molar-refractivity contribution in [3.8, 4) is 0 Å². The van der Waals surface area contributed by atoms with Crippen molar-refractivity contribution in [1.82, 2.24) is 31.0 Å². The number of hydrogen-bond donors (Lipinski definition) is 3. The summed E-state index contributed by atoms with van der Waals surface area (Å²) in [5.41, 5.74) is 4.10. The molecule has 47 heavy (non-hydrogen) atoms. The molecule has 0 radical (unpaired) electrons. The highest BCUT2D eigenvalue weighted by atomic mass is 16.5. The summed E-state index contributed by atoms with van der Waals surface area (Å²) in [5, 5.41) is 7.88. The monoisotopic (exact) mass is 646 g/mol. The Bertz CT molecular complexity index is 1560. The number of hydrogen-bond acceptors (Lipinski definition) is 8. The molecule has 1 unspecified atom stereocenters. The number of likely N-dealkylation sites (tertiary alicyclic amines) is 1. The molecule has 3 aliphatic heterocycles. The fourth-order valence-corrected chi connectivity index (χ4v) is 6.07. The summed E-state index contributed by atoms with van der Waals surface area (Å²) in [6, 6.07) is 6.52. The Kier molecular flexibility index (Phi) is 10.3. The number of nitrogens with one attached hydrogen (secondary N) is 3. The summed E-state index contributed by atoms with van der Waals surface area (Å²) in [4.78, 5) is 74.4. The van der Waals surface area contributed by atoms with Crippen LogP contribution in [0, 0.1) is 11.3 Å². The van der Waals surface area contributed by atoms with E-state index in [0.717, 1.165) is 23.8 Å². The molecule has 4 amide bonds. The molecular weight excluding hydrogens is 600 g/mol. The van der Waals surface area contributed by atoms with E-state index in [-0.39, 0.29) is 30.7 Å². The van der Waals surface area contributed by atoms with Crippen molar-refractivity contribution in [1.29, 1.82) is 0 Å². The number of aromatic nitrogens is 1. The summed E-state index contributed by atoms with van der Waals surface area (Å²) >= 11 is 0. The Morgan fingerprint density at radius 3 is 2.47 bits per heavy atom. The van der Waals surface area contributed by atoms with Gasteiger partial charge in [-0.15, -0.1) is 0 Å². The van der Waals surface area contributed by atoms with Crippen LogP contribution in [0.5, 0.6) is 0 Å². The van der Waals surface area contributed by atoms with Crippen molar-refractivity contribution in [3.63, 3.8) is 0 Å². The number of fused-ring (bicyclic) bond motifs is 4. The van der Waals surface area contributed by atoms with Gasteiger partial charge in [0.05, 0.1) is 23.0 Å². The van der Waals surface area contributed by atoms with Crippen LogP contribution < -0.4 is 16.1 Å². The minimum absolute atomic E-state index is 0.238. The van der Waals surface area contributed by atoms with Gasteiger partial charge < -0.3 is 20.3 Å². The van der Waals surface area contributed by atoms with E-state index in [1.807, 2.05) is 36.4 Å². The Labute approximate surface area is 275 Å². The topological polar surface area (TPSA) is 150 Å². The van der Waals surface area contributed by atoms with Gasteiger partial charge >= 0.3 is 5.97 Å². The molecule has 0 saturated carbocycles. The van der Waals surface area contributed by atoms with Crippen molar-refractivity contribution < 1.29 is 28.7 Å². The standard InChI is InChI=1S/C35H46N6O6/c1-21(2)30-31(43)37-28(20-29(42)40-16-6-7-17-40)32(44)41-18-8-9-26(39-41)33(45)47-22(3)25-13-12-24-11-10-23(19-27(24)36-25)14-15-35(4,5)34(46)38-30/h10-15,19,21-22,26,28,30,39H,6-9,16-18,20H2,1-5H3,(H,37,43)(H,38,46)/b15-14+/t22-,26+,28?,30+/m1/s1. The van der Waals surface area contributed by atoms with Crippen LogP contribution in [0.4, 0.5) is 0 Å². The lowest BCUT2D eigenvalue weighted by molar-refractivity contribution is -0.157. The number of amides is 4. The molecule has 252 valence electrons. The van der Waals surface area contributed by atoms with Crippen molar-refractivity contribution in [3.05, 3.63) is 47.7 Å². The van der Waals surface area contributed by atoms with Gasteiger partial charge in [0, 0.05) is 25.0 Å². The van der Waals surface area contributed by atoms with Crippen LogP contribution in [0.3, 0.4) is 0 Å². The molecule has 4 atom stereocenters. The highest BCUT2D eigenvalue weighted by Crippen LogP contribution is 2.25. The minimum atomic E-state index is -1.21. The van der Waals surface area contributed by atoms with E-state index in [1.165, 1.54) is 5.01 Å². The number of pyridine rings is 1. The van der Waals surface area contributed by atoms with E-state index in [2.05, 4.69) is 16.1 Å². The highest BCUT2D eigenvalue weighted by Gasteiger charge is 2.38. The van der Waals surface area contributed by atoms with Crippen molar-refractivity contribution in [2.45, 2.75) is 91.0 Å². The maximum atomic E-state index is 14.0. The van der Waals surface area contributed by atoms with E-state index in [4.69, 9.17) is 9.72 Å². The minimum Gasteiger partial charge on any atom is -0.455 e. The number of ether oxygens (including phenoxy) is 1. The van der Waals surface area contributed by atoms with Crippen LogP contribution in [0.15, 0.2) is 36.4 Å². The third kappa shape index (κ3) is 7.98. The number of carbonyl (C=O) groups excluding carboxylic acids is 5. The Balaban J connectivity index is 1.50. The van der Waals surface area contributed by atoms with Crippen LogP contribution in [0.1, 0.15) is 84.1 Å². The second-order valence-electron chi connectivity index (χ2n) is 13.7. The normalized spacial score (nSPS) is 26.6. The number of benzene rings is 1. The quantitative estimate of drug-likeness (QED) is 0.431. The van der Waals surface area contributed by atoms with E-state index in [0.29, 0.717) is 37.1 Å². The Morgan fingerprint density at radius 2 is 1.74 bits per heavy atom. The summed E-state index contributed by atoms with van der Waals surface area (Å²) in [6.45, 7) is 10.4. The zero-order valence-corrected chi connectivity index (χ0v) is 27.9. The summed E-state index contributed by atoms with van der Waals surface area (Å²) in [6.07, 6.45) is 5.43. The zero-order chi connectivity index (χ0) is 33.9. The van der Waals surface area contributed by atoms with Gasteiger partial charge in [0.25, 0.3) is 5.91 Å². The number of hydrazine groups is 1. The molecule has 3 aliphatic rings. The fraction of sp³-hybridized carbons (Fsp3) is 0.543. The second kappa shape index (κ2) is 14.2. The van der Waals surface area contributed by atoms with Crippen LogP contribution in [0.2, 0.25) is 0 Å². The summed E-state index contributed by atoms with van der Waals surface area (Å²) in [7, 11) is 0.